The highest BCUT2D eigenvalue weighted by atomic mass is 32.2. The normalized spacial score (nSPS) is 11.0. The molecule has 2 rings (SSSR count). The Morgan fingerprint density at radius 2 is 1.45 bits per heavy atom. The maximum atomic E-state index is 12.1. The summed E-state index contributed by atoms with van der Waals surface area (Å²) >= 11 is 0. The molecule has 0 aliphatic heterocycles. The second-order valence-electron chi connectivity index (χ2n) is 4.60. The number of carbonyl (C=O) groups excluding carboxylic acids is 2. The molecule has 1 N–H and O–H groups in total. The highest BCUT2D eigenvalue weighted by Crippen LogP contribution is 2.10. The summed E-state index contributed by atoms with van der Waals surface area (Å²) in [5, 5.41) is 0. The van der Waals surface area contributed by atoms with E-state index in [1.54, 1.807) is 25.1 Å². The highest BCUT2D eigenvalue weighted by molar-refractivity contribution is 7.90. The van der Waals surface area contributed by atoms with Gasteiger partial charge in [0.25, 0.3) is 15.9 Å². The van der Waals surface area contributed by atoms with Crippen LogP contribution in [0.5, 0.6) is 0 Å². The maximum Gasteiger partial charge on any atom is 0.264 e. The summed E-state index contributed by atoms with van der Waals surface area (Å²) in [5.41, 5.74) is 0.664. The molecule has 0 atom stereocenters. The van der Waals surface area contributed by atoms with Crippen molar-refractivity contribution < 1.29 is 18.0 Å². The van der Waals surface area contributed by atoms with Crippen molar-refractivity contribution in [2.24, 2.45) is 0 Å². The van der Waals surface area contributed by atoms with Crippen LogP contribution in [0, 0.1) is 0 Å². The van der Waals surface area contributed by atoms with Crippen LogP contribution in [0.4, 0.5) is 0 Å². The van der Waals surface area contributed by atoms with Crippen LogP contribution >= 0.6 is 0 Å². The van der Waals surface area contributed by atoms with Crippen LogP contribution in [-0.2, 0) is 10.0 Å². The molecule has 2 aromatic carbocycles. The Morgan fingerprint density at radius 1 is 0.909 bits per heavy atom. The zero-order valence-corrected chi connectivity index (χ0v) is 12.8. The lowest BCUT2D eigenvalue weighted by atomic mass is 10.1. The molecule has 0 aliphatic rings. The van der Waals surface area contributed by atoms with Gasteiger partial charge in [0.1, 0.15) is 0 Å². The number of ketones is 1. The molecule has 0 bridgehead atoms. The van der Waals surface area contributed by atoms with Crippen LogP contribution in [0.3, 0.4) is 0 Å². The topological polar surface area (TPSA) is 80.3 Å². The first-order valence-corrected chi connectivity index (χ1v) is 8.18. The van der Waals surface area contributed by atoms with Gasteiger partial charge in [0, 0.05) is 17.5 Å². The predicted octanol–water partition coefficient (Wildman–Crippen LogP) is 2.40. The molecule has 0 fully saturated rings. The number of Topliss-reactive ketones (excluding diaryl/α,β-unsaturated/α-hetero) is 1. The van der Waals surface area contributed by atoms with Gasteiger partial charge < -0.3 is 0 Å². The van der Waals surface area contributed by atoms with Crippen molar-refractivity contribution in [3.63, 3.8) is 0 Å². The first kappa shape index (κ1) is 15.9. The van der Waals surface area contributed by atoms with Crippen molar-refractivity contribution in [3.8, 4) is 0 Å². The quantitative estimate of drug-likeness (QED) is 0.859. The second kappa shape index (κ2) is 6.53. The second-order valence-corrected chi connectivity index (χ2v) is 6.28. The smallest absolute Gasteiger partial charge is 0.264 e. The fourth-order valence-corrected chi connectivity index (χ4v) is 2.85. The Labute approximate surface area is 129 Å². The van der Waals surface area contributed by atoms with Gasteiger partial charge in [-0.2, -0.15) is 0 Å². The molecule has 0 saturated heterocycles. The molecule has 6 heteroatoms. The van der Waals surface area contributed by atoms with Crippen molar-refractivity contribution in [2.45, 2.75) is 18.2 Å². The average Bonchev–Trinajstić information content (AvgIpc) is 2.54. The molecule has 22 heavy (non-hydrogen) atoms. The fourth-order valence-electron chi connectivity index (χ4n) is 1.85. The van der Waals surface area contributed by atoms with Crippen molar-refractivity contribution in [3.05, 3.63) is 65.7 Å². The Morgan fingerprint density at radius 3 is 2.00 bits per heavy atom. The van der Waals surface area contributed by atoms with Gasteiger partial charge in [-0.15, -0.1) is 0 Å². The number of carbonyl (C=O) groups is 2. The Balaban J connectivity index is 2.17. The summed E-state index contributed by atoms with van der Waals surface area (Å²) in [6, 6.07) is 13.5. The maximum absolute atomic E-state index is 12.1. The minimum Gasteiger partial charge on any atom is -0.294 e. The van der Waals surface area contributed by atoms with Gasteiger partial charge in [-0.25, -0.2) is 13.1 Å². The van der Waals surface area contributed by atoms with Gasteiger partial charge in [0.15, 0.2) is 5.78 Å². The largest absolute Gasteiger partial charge is 0.294 e. The van der Waals surface area contributed by atoms with Crippen molar-refractivity contribution in [2.75, 3.05) is 0 Å². The third-order valence-corrected chi connectivity index (χ3v) is 4.42. The molecule has 0 heterocycles. The van der Waals surface area contributed by atoms with Gasteiger partial charge in [0.2, 0.25) is 0 Å². The average molecular weight is 317 g/mol. The van der Waals surface area contributed by atoms with Crippen molar-refractivity contribution in [1.82, 2.24) is 4.72 Å². The minimum atomic E-state index is -3.91. The highest BCUT2D eigenvalue weighted by Gasteiger charge is 2.18. The number of sulfonamides is 1. The number of amides is 1. The Hall–Kier alpha value is -2.47. The van der Waals surface area contributed by atoms with Crippen LogP contribution in [0.2, 0.25) is 0 Å². The summed E-state index contributed by atoms with van der Waals surface area (Å²) in [6.45, 7) is 1.75. The summed E-state index contributed by atoms with van der Waals surface area (Å²) in [6.07, 6.45) is 0.369. The number of hydrogen-bond acceptors (Lipinski definition) is 4. The lowest BCUT2D eigenvalue weighted by Gasteiger charge is -2.07. The first-order chi connectivity index (χ1) is 10.4. The van der Waals surface area contributed by atoms with E-state index in [1.165, 1.54) is 36.4 Å². The van der Waals surface area contributed by atoms with Gasteiger partial charge in [0.05, 0.1) is 4.90 Å². The first-order valence-electron chi connectivity index (χ1n) is 6.69. The van der Waals surface area contributed by atoms with Gasteiger partial charge in [-0.05, 0) is 24.3 Å². The fraction of sp³-hybridized carbons (Fsp3) is 0.125. The van der Waals surface area contributed by atoms with E-state index >= 15 is 0 Å². The van der Waals surface area contributed by atoms with Crippen LogP contribution in [0.25, 0.3) is 0 Å². The minimum absolute atomic E-state index is 0.0149. The Kier molecular flexibility index (Phi) is 4.72. The van der Waals surface area contributed by atoms with E-state index in [-0.39, 0.29) is 16.2 Å². The zero-order valence-electron chi connectivity index (χ0n) is 11.9. The third kappa shape index (κ3) is 3.59. The molecule has 0 spiro atoms. The van der Waals surface area contributed by atoms with E-state index in [1.807, 2.05) is 4.72 Å². The van der Waals surface area contributed by atoms with Crippen LogP contribution in [-0.4, -0.2) is 20.1 Å². The van der Waals surface area contributed by atoms with Crippen molar-refractivity contribution in [1.29, 1.82) is 0 Å². The number of hydrogen-bond donors (Lipinski definition) is 1. The van der Waals surface area contributed by atoms with Crippen molar-refractivity contribution >= 4 is 21.7 Å². The lowest BCUT2D eigenvalue weighted by Crippen LogP contribution is -2.30. The predicted molar refractivity (Wildman–Crippen MR) is 82.2 cm³/mol. The SMILES string of the molecule is CCC(=O)c1ccc(C(=O)NS(=O)(=O)c2ccccc2)cc1. The van der Waals surface area contributed by atoms with Gasteiger partial charge >= 0.3 is 0 Å². The number of nitrogens with one attached hydrogen (secondary N) is 1. The number of benzene rings is 2. The molecule has 0 unspecified atom stereocenters. The molecule has 5 nitrogen and oxygen atoms in total. The number of rotatable bonds is 5. The Bertz CT molecular complexity index is 781. The lowest BCUT2D eigenvalue weighted by molar-refractivity contribution is 0.0972. The van der Waals surface area contributed by atoms with E-state index in [4.69, 9.17) is 0 Å². The molecule has 0 aromatic heterocycles. The molecule has 0 aliphatic carbocycles. The molecule has 114 valence electrons. The van der Waals surface area contributed by atoms with E-state index in [9.17, 15) is 18.0 Å². The molecule has 0 saturated carbocycles. The summed E-state index contributed by atoms with van der Waals surface area (Å²) in [4.78, 5) is 23.5. The van der Waals surface area contributed by atoms with E-state index in [0.717, 1.165) is 0 Å². The van der Waals surface area contributed by atoms with E-state index in [0.29, 0.717) is 12.0 Å². The molecular weight excluding hydrogens is 302 g/mol. The van der Waals surface area contributed by atoms with Crippen LogP contribution in [0.15, 0.2) is 59.5 Å². The summed E-state index contributed by atoms with van der Waals surface area (Å²) < 4.78 is 26.1. The molecule has 0 radical (unpaired) electrons. The van der Waals surface area contributed by atoms with Gasteiger partial charge in [-0.1, -0.05) is 37.3 Å². The molecule has 1 amide bonds. The molecule has 2 aromatic rings. The summed E-state index contributed by atoms with van der Waals surface area (Å²) in [7, 11) is -3.91. The van der Waals surface area contributed by atoms with E-state index in [2.05, 4.69) is 0 Å². The monoisotopic (exact) mass is 317 g/mol. The van der Waals surface area contributed by atoms with Crippen LogP contribution < -0.4 is 4.72 Å². The standard InChI is InChI=1S/C16H15NO4S/c1-2-15(18)12-8-10-13(11-9-12)16(19)17-22(20,21)14-6-4-3-5-7-14/h3-11H,2H2,1H3,(H,17,19). The zero-order chi connectivity index (χ0) is 16.2. The molecular formula is C16H15NO4S. The van der Waals surface area contributed by atoms with Gasteiger partial charge in [-0.3, -0.25) is 9.59 Å². The van der Waals surface area contributed by atoms with E-state index < -0.39 is 15.9 Å². The third-order valence-electron chi connectivity index (χ3n) is 3.07. The summed E-state index contributed by atoms with van der Waals surface area (Å²) in [5.74, 6) is -0.775. The van der Waals surface area contributed by atoms with Crippen LogP contribution in [0.1, 0.15) is 34.1 Å².